The number of allylic oxidation sites excluding steroid dienone is 1. The van der Waals surface area contributed by atoms with Crippen molar-refractivity contribution in [2.75, 3.05) is 5.32 Å². The van der Waals surface area contributed by atoms with Crippen LogP contribution in [-0.2, 0) is 4.79 Å². The topological polar surface area (TPSA) is 29.1 Å². The van der Waals surface area contributed by atoms with Crippen molar-refractivity contribution in [3.05, 3.63) is 52.8 Å². The highest BCUT2D eigenvalue weighted by molar-refractivity contribution is 6.84. The molecule has 0 saturated heterocycles. The third-order valence-electron chi connectivity index (χ3n) is 5.73. The molecule has 0 aromatic heterocycles. The van der Waals surface area contributed by atoms with Crippen molar-refractivity contribution in [2.24, 2.45) is 5.92 Å². The Labute approximate surface area is 139 Å². The lowest BCUT2D eigenvalue weighted by atomic mass is 9.66. The van der Waals surface area contributed by atoms with Gasteiger partial charge in [0, 0.05) is 18.0 Å². The molecule has 1 saturated carbocycles. The Morgan fingerprint density at radius 2 is 1.96 bits per heavy atom. The molecule has 1 aromatic rings. The van der Waals surface area contributed by atoms with E-state index in [1.165, 1.54) is 22.0 Å². The summed E-state index contributed by atoms with van der Waals surface area (Å²) in [6, 6.07) is 8.88. The van der Waals surface area contributed by atoms with Crippen molar-refractivity contribution in [1.82, 2.24) is 0 Å². The van der Waals surface area contributed by atoms with E-state index in [1.807, 2.05) is 0 Å². The predicted molar refractivity (Wildman–Crippen MR) is 98.5 cm³/mol. The summed E-state index contributed by atoms with van der Waals surface area (Å²) in [5.41, 5.74) is 4.95. The summed E-state index contributed by atoms with van der Waals surface area (Å²) in [7, 11) is -1.61. The molecule has 2 nitrogen and oxygen atoms in total. The van der Waals surface area contributed by atoms with Crippen molar-refractivity contribution in [1.29, 1.82) is 0 Å². The molecule has 4 rings (SSSR count). The van der Waals surface area contributed by atoms with Gasteiger partial charge in [0.25, 0.3) is 0 Å². The monoisotopic (exact) mass is 323 g/mol. The van der Waals surface area contributed by atoms with Gasteiger partial charge in [-0.05, 0) is 46.7 Å². The molecule has 120 valence electrons. The Bertz CT molecular complexity index is 740. The zero-order valence-electron chi connectivity index (χ0n) is 14.3. The van der Waals surface area contributed by atoms with Gasteiger partial charge in [0.1, 0.15) is 0 Å². The van der Waals surface area contributed by atoms with E-state index in [-0.39, 0.29) is 6.04 Å². The molecule has 1 heterocycles. The first-order valence-electron chi connectivity index (χ1n) is 8.72. The highest BCUT2D eigenvalue weighted by Crippen LogP contribution is 2.55. The lowest BCUT2D eigenvalue weighted by Gasteiger charge is -2.44. The van der Waals surface area contributed by atoms with Gasteiger partial charge in [0.2, 0.25) is 0 Å². The van der Waals surface area contributed by atoms with Crippen LogP contribution < -0.4 is 5.32 Å². The van der Waals surface area contributed by atoms with Crippen LogP contribution in [0, 0.1) is 5.92 Å². The maximum atomic E-state index is 12.8. The first-order valence-corrected chi connectivity index (χ1v) is 12.2. The predicted octanol–water partition coefficient (Wildman–Crippen LogP) is 4.68. The normalized spacial score (nSPS) is 29.8. The molecule has 2 aliphatic carbocycles. The largest absolute Gasteiger partial charge is 0.377 e. The number of carbonyl (C=O) groups is 1. The van der Waals surface area contributed by atoms with E-state index >= 15 is 0 Å². The van der Waals surface area contributed by atoms with Gasteiger partial charge < -0.3 is 5.32 Å². The maximum Gasteiger partial charge on any atom is 0.159 e. The number of carbonyl (C=O) groups excluding carboxylic acids is 1. The average molecular weight is 324 g/mol. The smallest absolute Gasteiger partial charge is 0.159 e. The summed E-state index contributed by atoms with van der Waals surface area (Å²) in [6.07, 6.45) is 2.89. The summed E-state index contributed by atoms with van der Waals surface area (Å²) < 4.78 is 0. The molecule has 1 aliphatic heterocycles. The molecule has 3 heteroatoms. The Morgan fingerprint density at radius 3 is 2.70 bits per heavy atom. The fourth-order valence-electron chi connectivity index (χ4n) is 4.98. The molecule has 0 amide bonds. The fourth-order valence-corrected chi connectivity index (χ4v) is 7.23. The SMILES string of the molecule is C=C1C([Si](C)(C)C)=C2C(=O)CCC[C@@H]2[C@H]2c3ccccc3N[C@@H]12. The van der Waals surface area contributed by atoms with Crippen LogP contribution in [0.15, 0.2) is 47.2 Å². The van der Waals surface area contributed by atoms with Crippen molar-refractivity contribution in [3.63, 3.8) is 0 Å². The van der Waals surface area contributed by atoms with Crippen LogP contribution in [-0.4, -0.2) is 19.9 Å². The number of rotatable bonds is 1. The standard InChI is InChI=1S/C20H25NOSi/c1-12-19-17(13-8-5-6-10-15(13)21-19)14-9-7-11-16(22)18(14)20(12)23(2,3)4/h5-6,8,10,14,17,19,21H,1,7,9,11H2,2-4H3/t14-,17-,19+/m1/s1. The minimum atomic E-state index is -1.61. The molecular formula is C20H25NOSi. The van der Waals surface area contributed by atoms with E-state index in [2.05, 4.69) is 55.8 Å². The lowest BCUT2D eigenvalue weighted by molar-refractivity contribution is -0.117. The lowest BCUT2D eigenvalue weighted by Crippen LogP contribution is -2.44. The second-order valence-corrected chi connectivity index (χ2v) is 13.2. The van der Waals surface area contributed by atoms with Gasteiger partial charge in [-0.2, -0.15) is 0 Å². The Hall–Kier alpha value is -1.61. The molecule has 0 radical (unpaired) electrons. The van der Waals surface area contributed by atoms with Crippen LogP contribution in [0.25, 0.3) is 0 Å². The molecule has 1 fully saturated rings. The first-order chi connectivity index (χ1) is 10.9. The second kappa shape index (κ2) is 4.94. The first kappa shape index (κ1) is 14.9. The van der Waals surface area contributed by atoms with E-state index in [0.717, 1.165) is 24.8 Å². The average Bonchev–Trinajstić information content (AvgIpc) is 2.87. The molecule has 0 unspecified atom stereocenters. The van der Waals surface area contributed by atoms with Gasteiger partial charge in [-0.15, -0.1) is 0 Å². The Kier molecular flexibility index (Phi) is 3.21. The highest BCUT2D eigenvalue weighted by atomic mass is 28.3. The van der Waals surface area contributed by atoms with E-state index < -0.39 is 8.07 Å². The number of hydrogen-bond acceptors (Lipinski definition) is 2. The van der Waals surface area contributed by atoms with Crippen molar-refractivity contribution in [2.45, 2.75) is 50.9 Å². The number of ketones is 1. The Morgan fingerprint density at radius 1 is 1.22 bits per heavy atom. The second-order valence-electron chi connectivity index (χ2n) is 8.22. The number of para-hydroxylation sites is 1. The van der Waals surface area contributed by atoms with Gasteiger partial charge in [-0.25, -0.2) is 0 Å². The zero-order chi connectivity index (χ0) is 16.4. The highest BCUT2D eigenvalue weighted by Gasteiger charge is 2.49. The number of nitrogens with one attached hydrogen (secondary N) is 1. The van der Waals surface area contributed by atoms with Gasteiger partial charge in [0.05, 0.1) is 14.1 Å². The Balaban J connectivity index is 1.93. The minimum absolute atomic E-state index is 0.272. The minimum Gasteiger partial charge on any atom is -0.377 e. The molecule has 3 aliphatic rings. The third kappa shape index (κ3) is 2.09. The van der Waals surface area contributed by atoms with Gasteiger partial charge in [0.15, 0.2) is 5.78 Å². The summed E-state index contributed by atoms with van der Waals surface area (Å²) in [4.78, 5) is 12.8. The van der Waals surface area contributed by atoms with Crippen LogP contribution in [0.1, 0.15) is 30.7 Å². The van der Waals surface area contributed by atoms with Crippen molar-refractivity contribution < 1.29 is 4.79 Å². The van der Waals surface area contributed by atoms with E-state index in [1.54, 1.807) is 0 Å². The van der Waals surface area contributed by atoms with E-state index in [9.17, 15) is 4.79 Å². The van der Waals surface area contributed by atoms with Crippen LogP contribution in [0.3, 0.4) is 0 Å². The summed E-state index contributed by atoms with van der Waals surface area (Å²) in [5.74, 6) is 1.16. The molecule has 1 N–H and O–H groups in total. The maximum absolute atomic E-state index is 12.8. The van der Waals surface area contributed by atoms with Gasteiger partial charge >= 0.3 is 0 Å². The van der Waals surface area contributed by atoms with Crippen molar-refractivity contribution in [3.8, 4) is 0 Å². The van der Waals surface area contributed by atoms with E-state index in [0.29, 0.717) is 17.6 Å². The van der Waals surface area contributed by atoms with Gasteiger partial charge in [-0.1, -0.05) is 44.4 Å². The third-order valence-corrected chi connectivity index (χ3v) is 7.82. The van der Waals surface area contributed by atoms with E-state index in [4.69, 9.17) is 0 Å². The fraction of sp³-hybridized carbons (Fsp3) is 0.450. The summed E-state index contributed by atoms with van der Waals surface area (Å²) in [5, 5.41) is 5.07. The van der Waals surface area contributed by atoms with Crippen LogP contribution in [0.2, 0.25) is 19.6 Å². The van der Waals surface area contributed by atoms with Crippen molar-refractivity contribution >= 4 is 19.5 Å². The van der Waals surface area contributed by atoms with Gasteiger partial charge in [-0.3, -0.25) is 4.79 Å². The molecule has 0 spiro atoms. The van der Waals surface area contributed by atoms with Crippen LogP contribution in [0.4, 0.5) is 5.69 Å². The number of anilines is 1. The quantitative estimate of drug-likeness (QED) is 0.760. The summed E-state index contributed by atoms with van der Waals surface area (Å²) in [6.45, 7) is 11.5. The number of hydrogen-bond donors (Lipinski definition) is 1. The molecule has 0 bridgehead atoms. The zero-order valence-corrected chi connectivity index (χ0v) is 15.3. The number of fused-ring (bicyclic) bond motifs is 5. The molecule has 1 aromatic carbocycles. The molecular weight excluding hydrogens is 298 g/mol. The van der Waals surface area contributed by atoms with Crippen LogP contribution in [0.5, 0.6) is 0 Å². The summed E-state index contributed by atoms with van der Waals surface area (Å²) >= 11 is 0. The van der Waals surface area contributed by atoms with Crippen LogP contribution >= 0.6 is 0 Å². The number of Topliss-reactive ketones (excluding diaryl/α,β-unsaturated/α-hetero) is 1. The number of benzene rings is 1. The molecule has 23 heavy (non-hydrogen) atoms. The molecule has 3 atom stereocenters.